The van der Waals surface area contributed by atoms with Crippen LogP contribution in [-0.2, 0) is 29.0 Å². The van der Waals surface area contributed by atoms with E-state index in [0.29, 0.717) is 45.4 Å². The predicted octanol–water partition coefficient (Wildman–Crippen LogP) is 5.43. The summed E-state index contributed by atoms with van der Waals surface area (Å²) in [6, 6.07) is 24.5. The molecule has 3 aliphatic rings. The van der Waals surface area contributed by atoms with Crippen LogP contribution in [0.2, 0.25) is 0 Å². The molecular weight excluding hydrogens is 630 g/mol. The first-order valence-corrected chi connectivity index (χ1v) is 17.4. The standard InChI is InChI=1S/C39H45N7O4/c1-39(2)27-50-31(23-43(39)4)26-48-37-41-34-24-44(35-16-10-14-29-13-8-9-15-32(29)35)18-17-33(34)36(42-37)45-19-20-46(30(22-45)21-40-3)38(47)49-25-28-11-6-5-7-12-28/h5-16,30-31H,17-27H2,1-2,4H3/t30-,31+/m0/s1. The third kappa shape index (κ3) is 7.18. The Bertz CT molecular complexity index is 1860. The molecule has 11 heteroatoms. The average molecular weight is 676 g/mol. The Morgan fingerprint density at radius 2 is 1.78 bits per heavy atom. The number of hydrogen-bond acceptors (Lipinski definition) is 9. The fourth-order valence-corrected chi connectivity index (χ4v) is 7.06. The second-order valence-corrected chi connectivity index (χ2v) is 14.0. The van der Waals surface area contributed by atoms with E-state index in [2.05, 4.69) is 82.9 Å². The van der Waals surface area contributed by atoms with E-state index in [9.17, 15) is 4.79 Å². The summed E-state index contributed by atoms with van der Waals surface area (Å²) in [6.07, 6.45) is 0.256. The highest BCUT2D eigenvalue weighted by atomic mass is 16.6. The number of amides is 1. The molecule has 4 aromatic rings. The van der Waals surface area contributed by atoms with E-state index < -0.39 is 6.09 Å². The van der Waals surface area contributed by atoms with Crippen molar-refractivity contribution in [1.29, 1.82) is 0 Å². The first-order chi connectivity index (χ1) is 24.3. The number of nitrogens with zero attached hydrogens (tertiary/aromatic N) is 7. The lowest BCUT2D eigenvalue weighted by molar-refractivity contribution is -0.101. The van der Waals surface area contributed by atoms with Gasteiger partial charge in [0.15, 0.2) is 0 Å². The van der Waals surface area contributed by atoms with E-state index in [0.717, 1.165) is 42.1 Å². The van der Waals surface area contributed by atoms with Crippen LogP contribution < -0.4 is 14.5 Å². The molecule has 0 radical (unpaired) electrons. The van der Waals surface area contributed by atoms with Gasteiger partial charge in [-0.15, -0.1) is 0 Å². The smallest absolute Gasteiger partial charge is 0.410 e. The number of morpholine rings is 1. The van der Waals surface area contributed by atoms with Gasteiger partial charge in [0.2, 0.25) is 6.54 Å². The molecule has 0 bridgehead atoms. The lowest BCUT2D eigenvalue weighted by Gasteiger charge is -2.43. The van der Waals surface area contributed by atoms with Crippen molar-refractivity contribution in [2.24, 2.45) is 0 Å². The van der Waals surface area contributed by atoms with Crippen molar-refractivity contribution >= 4 is 28.4 Å². The minimum Gasteiger partial charge on any atom is -0.461 e. The van der Waals surface area contributed by atoms with Crippen LogP contribution in [-0.4, -0.2) is 103 Å². The summed E-state index contributed by atoms with van der Waals surface area (Å²) in [5.74, 6) is 0.817. The number of ether oxygens (including phenoxy) is 3. The largest absolute Gasteiger partial charge is 0.461 e. The van der Waals surface area contributed by atoms with Crippen LogP contribution in [0.15, 0.2) is 72.8 Å². The second-order valence-electron chi connectivity index (χ2n) is 14.0. The minimum atomic E-state index is -0.401. The van der Waals surface area contributed by atoms with Gasteiger partial charge in [-0.05, 0) is 44.3 Å². The molecule has 0 unspecified atom stereocenters. The summed E-state index contributed by atoms with van der Waals surface area (Å²) < 4.78 is 18.2. The number of carbonyl (C=O) groups excluding carboxylic acids is 1. The van der Waals surface area contributed by atoms with Gasteiger partial charge >= 0.3 is 12.1 Å². The van der Waals surface area contributed by atoms with Crippen molar-refractivity contribution in [2.45, 2.75) is 51.1 Å². The summed E-state index contributed by atoms with van der Waals surface area (Å²) in [6.45, 7) is 17.0. The van der Waals surface area contributed by atoms with Gasteiger partial charge in [-0.3, -0.25) is 9.80 Å². The fraction of sp³-hybridized carbons (Fsp3) is 0.436. The highest BCUT2D eigenvalue weighted by Gasteiger charge is 2.37. The second kappa shape index (κ2) is 14.5. The lowest BCUT2D eigenvalue weighted by Crippen LogP contribution is -2.57. The summed E-state index contributed by atoms with van der Waals surface area (Å²) in [5.41, 5.74) is 4.09. The highest BCUT2D eigenvalue weighted by Crippen LogP contribution is 2.35. The van der Waals surface area contributed by atoms with Crippen molar-refractivity contribution < 1.29 is 19.0 Å². The molecule has 50 heavy (non-hydrogen) atoms. The number of piperazine rings is 1. The number of hydrogen-bond donors (Lipinski definition) is 0. The molecular formula is C39H45N7O4. The van der Waals surface area contributed by atoms with Crippen LogP contribution in [0, 0.1) is 6.57 Å². The van der Waals surface area contributed by atoms with Gasteiger partial charge in [0.05, 0.1) is 18.8 Å². The average Bonchev–Trinajstić information content (AvgIpc) is 3.14. The molecule has 0 spiro atoms. The molecule has 0 N–H and O–H groups in total. The quantitative estimate of drug-likeness (QED) is 0.227. The van der Waals surface area contributed by atoms with Crippen LogP contribution in [0.1, 0.15) is 30.7 Å². The van der Waals surface area contributed by atoms with Crippen LogP contribution in [0.5, 0.6) is 6.01 Å². The number of benzene rings is 3. The number of carbonyl (C=O) groups is 1. The normalized spacial score (nSPS) is 20.6. The summed E-state index contributed by atoms with van der Waals surface area (Å²) in [4.78, 5) is 35.6. The number of anilines is 2. The first-order valence-electron chi connectivity index (χ1n) is 17.4. The van der Waals surface area contributed by atoms with E-state index in [1.165, 1.54) is 16.5 Å². The topological polar surface area (TPSA) is 87.9 Å². The summed E-state index contributed by atoms with van der Waals surface area (Å²) in [5, 5.41) is 2.41. The molecule has 2 saturated heterocycles. The monoisotopic (exact) mass is 675 g/mol. The van der Waals surface area contributed by atoms with Gasteiger partial charge in [0.25, 0.3) is 0 Å². The Balaban J connectivity index is 1.14. The molecule has 0 saturated carbocycles. The Morgan fingerprint density at radius 3 is 2.60 bits per heavy atom. The van der Waals surface area contributed by atoms with E-state index in [4.69, 9.17) is 30.8 Å². The van der Waals surface area contributed by atoms with E-state index in [-0.39, 0.29) is 30.8 Å². The number of fused-ring (bicyclic) bond motifs is 2. The van der Waals surface area contributed by atoms with Crippen LogP contribution >= 0.6 is 0 Å². The Kier molecular flexibility index (Phi) is 9.74. The number of rotatable bonds is 8. The van der Waals surface area contributed by atoms with Crippen LogP contribution in [0.25, 0.3) is 15.6 Å². The molecule has 7 rings (SSSR count). The van der Waals surface area contributed by atoms with Crippen molar-refractivity contribution in [3.05, 3.63) is 101 Å². The summed E-state index contributed by atoms with van der Waals surface area (Å²) >= 11 is 0. The van der Waals surface area contributed by atoms with Crippen molar-refractivity contribution in [3.63, 3.8) is 0 Å². The Hall–Kier alpha value is -4.92. The van der Waals surface area contributed by atoms with E-state index >= 15 is 0 Å². The molecule has 2 fully saturated rings. The molecule has 0 aliphatic carbocycles. The summed E-state index contributed by atoms with van der Waals surface area (Å²) in [7, 11) is 2.11. The Labute approximate surface area is 294 Å². The molecule has 260 valence electrons. The van der Waals surface area contributed by atoms with Crippen LogP contribution in [0.3, 0.4) is 0 Å². The lowest BCUT2D eigenvalue weighted by atomic mass is 10.0. The fourth-order valence-electron chi connectivity index (χ4n) is 7.06. The zero-order valence-corrected chi connectivity index (χ0v) is 29.1. The maximum Gasteiger partial charge on any atom is 0.410 e. The van der Waals surface area contributed by atoms with Crippen molar-refractivity contribution in [1.82, 2.24) is 19.8 Å². The predicted molar refractivity (Wildman–Crippen MR) is 193 cm³/mol. The van der Waals surface area contributed by atoms with Gasteiger partial charge in [0, 0.05) is 54.9 Å². The van der Waals surface area contributed by atoms with Crippen molar-refractivity contribution in [2.75, 3.05) is 69.3 Å². The number of aromatic nitrogens is 2. The molecule has 2 atom stereocenters. The first kappa shape index (κ1) is 33.6. The molecule has 4 heterocycles. The zero-order valence-electron chi connectivity index (χ0n) is 29.1. The maximum atomic E-state index is 13.3. The SMILES string of the molecule is [C-]#[N+]C[C@H]1CN(c2nc(OC[C@H]3CN(C)C(C)(C)CO3)nc3c2CCN(c2cccc4ccccc24)C3)CCN1C(=O)OCc1ccccc1. The number of likely N-dealkylation sites (N-methyl/N-ethyl adjacent to an activating group) is 1. The zero-order chi connectivity index (χ0) is 34.7. The minimum absolute atomic E-state index is 0.0327. The van der Waals surface area contributed by atoms with Gasteiger partial charge < -0.3 is 28.9 Å². The molecule has 1 amide bonds. The molecule has 1 aromatic heterocycles. The Morgan fingerprint density at radius 1 is 0.980 bits per heavy atom. The van der Waals surface area contributed by atoms with Crippen LogP contribution in [0.4, 0.5) is 16.3 Å². The third-order valence-electron chi connectivity index (χ3n) is 10.2. The maximum absolute atomic E-state index is 13.3. The van der Waals surface area contributed by atoms with Gasteiger partial charge in [-0.2, -0.15) is 9.97 Å². The van der Waals surface area contributed by atoms with Gasteiger partial charge in [-0.25, -0.2) is 11.4 Å². The van der Waals surface area contributed by atoms with Crippen molar-refractivity contribution in [3.8, 4) is 6.01 Å². The van der Waals surface area contributed by atoms with E-state index in [1.807, 2.05) is 30.3 Å². The van der Waals surface area contributed by atoms with E-state index in [1.54, 1.807) is 4.90 Å². The van der Waals surface area contributed by atoms with Gasteiger partial charge in [0.1, 0.15) is 31.2 Å². The molecule has 3 aromatic carbocycles. The molecule has 11 nitrogen and oxygen atoms in total. The van der Waals surface area contributed by atoms with Gasteiger partial charge in [-0.1, -0.05) is 66.7 Å². The molecule has 3 aliphatic heterocycles. The highest BCUT2D eigenvalue weighted by molar-refractivity contribution is 5.94. The third-order valence-corrected chi connectivity index (χ3v) is 10.2.